The number of fused-ring (bicyclic) bond motifs is 2. The standard InChI is InChI=1S/C21H22ClN9O/c1-10(27-20-17-19(26-9-25-17)30-21(23)31-20)13-7-11-3-2-4-14(22)16(11)29-18(13)24-8-12-5-6-15(32)28-12/h2-4,7,9-10,12H,5-6,8H2,1H3,(H,24,29)(H,28,32)(H4,23,25,26,27,30,31)/t10-,12-/m0/s1. The van der Waals surface area contributed by atoms with E-state index >= 15 is 0 Å². The number of aromatic amines is 1. The lowest BCUT2D eigenvalue weighted by atomic mass is 10.1. The number of nitrogens with zero attached hydrogens (tertiary/aromatic N) is 4. The molecule has 4 aromatic rings. The Kier molecular flexibility index (Phi) is 5.14. The highest BCUT2D eigenvalue weighted by atomic mass is 35.5. The molecule has 0 aliphatic carbocycles. The minimum Gasteiger partial charge on any atom is -0.368 e. The minimum absolute atomic E-state index is 0.0636. The SMILES string of the molecule is C[C@H](Nc1nc(N)nc2nc[nH]c12)c1cc2cccc(Cl)c2nc1NC[C@@H]1CCC(=O)N1. The molecule has 0 unspecified atom stereocenters. The molecule has 164 valence electrons. The molecule has 6 N–H and O–H groups in total. The van der Waals surface area contributed by atoms with E-state index in [0.29, 0.717) is 46.3 Å². The van der Waals surface area contributed by atoms with Gasteiger partial charge in [-0.1, -0.05) is 23.7 Å². The van der Waals surface area contributed by atoms with E-state index in [2.05, 4.69) is 42.0 Å². The Balaban J connectivity index is 1.50. The monoisotopic (exact) mass is 451 g/mol. The van der Waals surface area contributed by atoms with Crippen molar-refractivity contribution >= 4 is 57.2 Å². The van der Waals surface area contributed by atoms with Crippen molar-refractivity contribution < 1.29 is 4.79 Å². The van der Waals surface area contributed by atoms with Crippen LogP contribution in [0.5, 0.6) is 0 Å². The summed E-state index contributed by atoms with van der Waals surface area (Å²) in [5, 5.41) is 11.3. The summed E-state index contributed by atoms with van der Waals surface area (Å²) >= 11 is 6.40. The van der Waals surface area contributed by atoms with Gasteiger partial charge in [0.25, 0.3) is 0 Å². The molecule has 1 aliphatic heterocycles. The van der Waals surface area contributed by atoms with Gasteiger partial charge in [0.05, 0.1) is 22.9 Å². The number of rotatable bonds is 6. The maximum Gasteiger partial charge on any atom is 0.224 e. The molecule has 0 spiro atoms. The molecule has 32 heavy (non-hydrogen) atoms. The summed E-state index contributed by atoms with van der Waals surface area (Å²) in [7, 11) is 0. The summed E-state index contributed by atoms with van der Waals surface area (Å²) < 4.78 is 0. The number of H-pyrrole nitrogens is 1. The van der Waals surface area contributed by atoms with Crippen LogP contribution in [0.4, 0.5) is 17.6 Å². The van der Waals surface area contributed by atoms with Crippen LogP contribution in [0, 0.1) is 0 Å². The second-order valence-electron chi connectivity index (χ2n) is 7.82. The van der Waals surface area contributed by atoms with Crippen LogP contribution in [-0.2, 0) is 4.79 Å². The summed E-state index contributed by atoms with van der Waals surface area (Å²) in [6.07, 6.45) is 2.89. The van der Waals surface area contributed by atoms with E-state index < -0.39 is 0 Å². The first-order chi connectivity index (χ1) is 15.5. The number of hydrogen-bond acceptors (Lipinski definition) is 8. The average Bonchev–Trinajstić information content (AvgIpc) is 3.40. The summed E-state index contributed by atoms with van der Waals surface area (Å²) in [5.74, 6) is 1.46. The number of amides is 1. The number of carbonyl (C=O) groups is 1. The largest absolute Gasteiger partial charge is 0.368 e. The molecule has 4 heterocycles. The highest BCUT2D eigenvalue weighted by Crippen LogP contribution is 2.32. The van der Waals surface area contributed by atoms with Crippen molar-refractivity contribution in [1.29, 1.82) is 0 Å². The Bertz CT molecular complexity index is 1320. The molecule has 5 rings (SSSR count). The Morgan fingerprint density at radius 3 is 2.97 bits per heavy atom. The smallest absolute Gasteiger partial charge is 0.224 e. The maximum atomic E-state index is 11.6. The minimum atomic E-state index is -0.188. The van der Waals surface area contributed by atoms with Crippen LogP contribution < -0.4 is 21.7 Å². The van der Waals surface area contributed by atoms with Crippen LogP contribution >= 0.6 is 11.6 Å². The highest BCUT2D eigenvalue weighted by Gasteiger charge is 2.22. The van der Waals surface area contributed by atoms with Gasteiger partial charge in [0.15, 0.2) is 11.5 Å². The molecule has 0 saturated carbocycles. The summed E-state index contributed by atoms with van der Waals surface area (Å²) in [5.41, 5.74) is 8.66. The van der Waals surface area contributed by atoms with Gasteiger partial charge in [0, 0.05) is 30.0 Å². The lowest BCUT2D eigenvalue weighted by molar-refractivity contribution is -0.119. The first-order valence-corrected chi connectivity index (χ1v) is 10.7. The fourth-order valence-electron chi connectivity index (χ4n) is 3.94. The number of hydrogen-bond donors (Lipinski definition) is 5. The van der Waals surface area contributed by atoms with E-state index in [1.165, 1.54) is 0 Å². The van der Waals surface area contributed by atoms with Crippen LogP contribution in [-0.4, -0.2) is 43.4 Å². The topological polar surface area (TPSA) is 147 Å². The molecule has 3 aromatic heterocycles. The van der Waals surface area contributed by atoms with Gasteiger partial charge >= 0.3 is 0 Å². The van der Waals surface area contributed by atoms with Crippen LogP contribution in [0.2, 0.25) is 5.02 Å². The number of pyridine rings is 1. The number of nitrogens with two attached hydrogens (primary N) is 1. The van der Waals surface area contributed by atoms with E-state index in [-0.39, 0.29) is 23.9 Å². The second-order valence-corrected chi connectivity index (χ2v) is 8.23. The molecule has 1 aliphatic rings. The predicted octanol–water partition coefficient (Wildman–Crippen LogP) is 3.00. The van der Waals surface area contributed by atoms with Gasteiger partial charge in [-0.15, -0.1) is 0 Å². The van der Waals surface area contributed by atoms with E-state index in [9.17, 15) is 4.79 Å². The molecule has 10 nitrogen and oxygen atoms in total. The average molecular weight is 452 g/mol. The third-order valence-electron chi connectivity index (χ3n) is 5.55. The highest BCUT2D eigenvalue weighted by molar-refractivity contribution is 6.35. The lowest BCUT2D eigenvalue weighted by Crippen LogP contribution is -2.32. The van der Waals surface area contributed by atoms with Crippen LogP contribution in [0.3, 0.4) is 0 Å². The second kappa shape index (κ2) is 8.12. The fraction of sp³-hybridized carbons (Fsp3) is 0.286. The molecular formula is C21H22ClN9O. The van der Waals surface area contributed by atoms with Gasteiger partial charge in [-0.2, -0.15) is 9.97 Å². The van der Waals surface area contributed by atoms with Crippen molar-refractivity contribution in [3.63, 3.8) is 0 Å². The van der Waals surface area contributed by atoms with E-state index in [1.54, 1.807) is 6.33 Å². The number of benzene rings is 1. The molecule has 0 bridgehead atoms. The zero-order chi connectivity index (χ0) is 22.2. The zero-order valence-corrected chi connectivity index (χ0v) is 18.1. The molecule has 0 radical (unpaired) electrons. The van der Waals surface area contributed by atoms with Crippen molar-refractivity contribution in [3.8, 4) is 0 Å². The first-order valence-electron chi connectivity index (χ1n) is 10.3. The molecule has 2 atom stereocenters. The first kappa shape index (κ1) is 20.3. The third-order valence-corrected chi connectivity index (χ3v) is 5.85. The van der Waals surface area contributed by atoms with E-state index in [0.717, 1.165) is 17.4 Å². The number of aromatic nitrogens is 5. The number of halogens is 1. The number of carbonyl (C=O) groups excluding carboxylic acids is 1. The molecule has 1 saturated heterocycles. The van der Waals surface area contributed by atoms with Crippen LogP contribution in [0.25, 0.3) is 22.1 Å². The van der Waals surface area contributed by atoms with Gasteiger partial charge in [-0.3, -0.25) is 4.79 Å². The Morgan fingerprint density at radius 1 is 1.28 bits per heavy atom. The number of anilines is 3. The van der Waals surface area contributed by atoms with E-state index in [1.807, 2.05) is 25.1 Å². The van der Waals surface area contributed by atoms with Gasteiger partial charge < -0.3 is 26.7 Å². The van der Waals surface area contributed by atoms with Gasteiger partial charge in [-0.05, 0) is 25.5 Å². The van der Waals surface area contributed by atoms with Crippen LogP contribution in [0.15, 0.2) is 30.6 Å². The predicted molar refractivity (Wildman–Crippen MR) is 125 cm³/mol. The summed E-state index contributed by atoms with van der Waals surface area (Å²) in [4.78, 5) is 32.1. The Morgan fingerprint density at radius 2 is 2.16 bits per heavy atom. The van der Waals surface area contributed by atoms with Crippen molar-refractivity contribution in [3.05, 3.63) is 41.2 Å². The van der Waals surface area contributed by atoms with Crippen molar-refractivity contribution in [2.24, 2.45) is 0 Å². The molecule has 1 amide bonds. The number of nitrogen functional groups attached to an aromatic ring is 1. The van der Waals surface area contributed by atoms with Crippen LogP contribution in [0.1, 0.15) is 31.4 Å². The molecular weight excluding hydrogens is 430 g/mol. The molecule has 11 heteroatoms. The normalized spacial score (nSPS) is 16.9. The molecule has 1 fully saturated rings. The number of imidazole rings is 1. The Labute approximate surface area is 188 Å². The maximum absolute atomic E-state index is 11.6. The third kappa shape index (κ3) is 3.84. The Hall–Kier alpha value is -3.66. The zero-order valence-electron chi connectivity index (χ0n) is 17.3. The molecule has 1 aromatic carbocycles. The fourth-order valence-corrected chi connectivity index (χ4v) is 4.16. The van der Waals surface area contributed by atoms with Crippen molar-refractivity contribution in [2.75, 3.05) is 22.9 Å². The summed E-state index contributed by atoms with van der Waals surface area (Å²) in [6, 6.07) is 7.62. The van der Waals surface area contributed by atoms with Gasteiger partial charge in [0.2, 0.25) is 11.9 Å². The summed E-state index contributed by atoms with van der Waals surface area (Å²) in [6.45, 7) is 2.58. The van der Waals surface area contributed by atoms with E-state index in [4.69, 9.17) is 22.3 Å². The number of para-hydroxylation sites is 1. The lowest BCUT2D eigenvalue weighted by Gasteiger charge is -2.21. The van der Waals surface area contributed by atoms with Gasteiger partial charge in [-0.25, -0.2) is 9.97 Å². The number of nitrogens with one attached hydrogen (secondary N) is 4. The van der Waals surface area contributed by atoms with Gasteiger partial charge in [0.1, 0.15) is 11.3 Å². The quantitative estimate of drug-likeness (QED) is 0.300. The van der Waals surface area contributed by atoms with Crippen molar-refractivity contribution in [1.82, 2.24) is 30.2 Å². The van der Waals surface area contributed by atoms with Crippen molar-refractivity contribution in [2.45, 2.75) is 31.8 Å².